The van der Waals surface area contributed by atoms with Crippen LogP contribution in [0.4, 0.5) is 0 Å². The zero-order valence-electron chi connectivity index (χ0n) is 16.7. The number of hydrogen-bond acceptors (Lipinski definition) is 2. The Balaban J connectivity index is 4.55. The molecule has 0 aromatic carbocycles. The van der Waals surface area contributed by atoms with Crippen LogP contribution in [0.15, 0.2) is 40.7 Å². The number of ether oxygens (including phenoxy) is 1. The molecule has 0 aliphatic heterocycles. The first-order valence-electron chi connectivity index (χ1n) is 9.14. The van der Waals surface area contributed by atoms with Gasteiger partial charge in [0, 0.05) is 0 Å². The van der Waals surface area contributed by atoms with Gasteiger partial charge in [0.05, 0.1) is 12.5 Å². The van der Waals surface area contributed by atoms with E-state index in [0.29, 0.717) is 12.5 Å². The molecule has 0 saturated heterocycles. The Kier molecular flexibility index (Phi) is 12.0. The van der Waals surface area contributed by atoms with Gasteiger partial charge in [0.1, 0.15) is 0 Å². The van der Waals surface area contributed by atoms with E-state index in [0.717, 1.165) is 25.7 Å². The molecule has 2 nitrogen and oxygen atoms in total. The lowest BCUT2D eigenvalue weighted by Crippen LogP contribution is -2.22. The van der Waals surface area contributed by atoms with Crippen molar-refractivity contribution in [3.63, 3.8) is 0 Å². The number of esters is 1. The predicted molar refractivity (Wildman–Crippen MR) is 104 cm³/mol. The lowest BCUT2D eigenvalue weighted by atomic mass is 9.91. The number of hydrogen-bond donors (Lipinski definition) is 0. The van der Waals surface area contributed by atoms with E-state index in [2.05, 4.69) is 65.5 Å². The van der Waals surface area contributed by atoms with Gasteiger partial charge < -0.3 is 4.74 Å². The van der Waals surface area contributed by atoms with Crippen molar-refractivity contribution in [1.82, 2.24) is 0 Å². The average Bonchev–Trinajstić information content (AvgIpc) is 2.46. The van der Waals surface area contributed by atoms with E-state index in [4.69, 9.17) is 4.74 Å². The summed E-state index contributed by atoms with van der Waals surface area (Å²) in [5.41, 5.74) is 7.30. The van der Waals surface area contributed by atoms with Gasteiger partial charge in [-0.3, -0.25) is 4.79 Å². The van der Waals surface area contributed by atoms with Gasteiger partial charge in [0.15, 0.2) is 0 Å². The Labute approximate surface area is 149 Å². The summed E-state index contributed by atoms with van der Waals surface area (Å²) < 4.78 is 5.17. The highest BCUT2D eigenvalue weighted by Crippen LogP contribution is 2.19. The molecule has 0 N–H and O–H groups in total. The van der Waals surface area contributed by atoms with Crippen molar-refractivity contribution in [3.05, 3.63) is 40.7 Å². The Morgan fingerprint density at radius 3 is 2.33 bits per heavy atom. The molecular weight excluding hydrogens is 296 g/mol. The highest BCUT2D eigenvalue weighted by Gasteiger charge is 2.22. The minimum atomic E-state index is -0.0814. The average molecular weight is 333 g/mol. The summed E-state index contributed by atoms with van der Waals surface area (Å²) in [6.45, 7) is 14.9. The summed E-state index contributed by atoms with van der Waals surface area (Å²) >= 11 is 0. The minimum absolute atomic E-state index is 0.0507. The van der Waals surface area contributed by atoms with Gasteiger partial charge in [0.25, 0.3) is 0 Å². The molecule has 0 aromatic rings. The van der Waals surface area contributed by atoms with Gasteiger partial charge in [-0.05, 0) is 77.9 Å². The third kappa shape index (κ3) is 11.1. The Morgan fingerprint density at radius 1 is 1.12 bits per heavy atom. The largest absolute Gasteiger partial charge is 0.466 e. The fourth-order valence-electron chi connectivity index (χ4n) is 2.34. The normalized spacial score (nSPS) is 12.4. The first-order valence-corrected chi connectivity index (χ1v) is 9.14. The van der Waals surface area contributed by atoms with Crippen molar-refractivity contribution in [3.8, 4) is 0 Å². The molecule has 0 amide bonds. The third-order valence-corrected chi connectivity index (χ3v) is 3.96. The first-order chi connectivity index (χ1) is 11.3. The first kappa shape index (κ1) is 22.5. The fraction of sp³-hybridized carbons (Fsp3) is 0.636. The monoisotopic (exact) mass is 332 g/mol. The lowest BCUT2D eigenvalue weighted by Gasteiger charge is -2.17. The van der Waals surface area contributed by atoms with E-state index in [9.17, 15) is 4.79 Å². The SMILES string of the molecule is CCOC(=O)C(C/C=C(\C)CC=C=C(C)CCC=C(C)C)C(C)C. The molecule has 0 heterocycles. The lowest BCUT2D eigenvalue weighted by molar-refractivity contribution is -0.149. The molecule has 0 fully saturated rings. The van der Waals surface area contributed by atoms with Crippen LogP contribution >= 0.6 is 0 Å². The Morgan fingerprint density at radius 2 is 1.79 bits per heavy atom. The molecule has 1 unspecified atom stereocenters. The van der Waals surface area contributed by atoms with Gasteiger partial charge in [0.2, 0.25) is 0 Å². The third-order valence-electron chi connectivity index (χ3n) is 3.96. The molecule has 136 valence electrons. The zero-order chi connectivity index (χ0) is 18.5. The van der Waals surface area contributed by atoms with E-state index in [1.807, 2.05) is 6.92 Å². The molecule has 24 heavy (non-hydrogen) atoms. The van der Waals surface area contributed by atoms with E-state index in [-0.39, 0.29) is 11.9 Å². The number of rotatable bonds is 10. The molecule has 0 aliphatic carbocycles. The van der Waals surface area contributed by atoms with E-state index in [1.54, 1.807) is 0 Å². The van der Waals surface area contributed by atoms with Gasteiger partial charge in [-0.25, -0.2) is 0 Å². The second kappa shape index (κ2) is 12.8. The molecule has 0 aromatic heterocycles. The Hall–Kier alpha value is -1.53. The molecule has 1 atom stereocenters. The van der Waals surface area contributed by atoms with Crippen LogP contribution in [0, 0.1) is 11.8 Å². The van der Waals surface area contributed by atoms with Crippen molar-refractivity contribution < 1.29 is 9.53 Å². The summed E-state index contributed by atoms with van der Waals surface area (Å²) in [6.07, 6.45) is 10.3. The van der Waals surface area contributed by atoms with Gasteiger partial charge in [-0.2, -0.15) is 0 Å². The summed E-state index contributed by atoms with van der Waals surface area (Å²) in [7, 11) is 0. The highest BCUT2D eigenvalue weighted by molar-refractivity contribution is 5.72. The maximum Gasteiger partial charge on any atom is 0.309 e. The second-order valence-electron chi connectivity index (χ2n) is 7.04. The predicted octanol–water partition coefficient (Wildman–Crippen LogP) is 6.40. The number of carbonyl (C=O) groups is 1. The molecule has 0 spiro atoms. The molecule has 0 radical (unpaired) electrons. The smallest absolute Gasteiger partial charge is 0.309 e. The van der Waals surface area contributed by atoms with Crippen molar-refractivity contribution in [1.29, 1.82) is 0 Å². The van der Waals surface area contributed by atoms with Crippen LogP contribution in [0.2, 0.25) is 0 Å². The van der Waals surface area contributed by atoms with Crippen molar-refractivity contribution in [2.45, 2.75) is 74.1 Å². The highest BCUT2D eigenvalue weighted by atomic mass is 16.5. The van der Waals surface area contributed by atoms with E-state index < -0.39 is 0 Å². The molecule has 0 rings (SSSR count). The van der Waals surface area contributed by atoms with Crippen molar-refractivity contribution >= 4 is 5.97 Å². The maximum absolute atomic E-state index is 12.0. The minimum Gasteiger partial charge on any atom is -0.466 e. The zero-order valence-corrected chi connectivity index (χ0v) is 16.7. The molecule has 0 aliphatic rings. The summed E-state index contributed by atoms with van der Waals surface area (Å²) in [5, 5.41) is 0. The van der Waals surface area contributed by atoms with Crippen LogP contribution in [0.3, 0.4) is 0 Å². The fourth-order valence-corrected chi connectivity index (χ4v) is 2.34. The Bertz CT molecular complexity index is 496. The number of carbonyl (C=O) groups excluding carboxylic acids is 1. The van der Waals surface area contributed by atoms with Gasteiger partial charge in [-0.15, -0.1) is 5.73 Å². The molecule has 0 saturated carbocycles. The van der Waals surface area contributed by atoms with Crippen LogP contribution in [0.25, 0.3) is 0 Å². The summed E-state index contributed by atoms with van der Waals surface area (Å²) in [5.74, 6) is 0.160. The number of allylic oxidation sites excluding steroid dienone is 5. The van der Waals surface area contributed by atoms with Crippen LogP contribution in [-0.4, -0.2) is 12.6 Å². The van der Waals surface area contributed by atoms with Crippen LogP contribution in [-0.2, 0) is 9.53 Å². The van der Waals surface area contributed by atoms with E-state index >= 15 is 0 Å². The van der Waals surface area contributed by atoms with Gasteiger partial charge >= 0.3 is 5.97 Å². The van der Waals surface area contributed by atoms with Crippen LogP contribution in [0.1, 0.15) is 74.1 Å². The molecule has 2 heteroatoms. The summed E-state index contributed by atoms with van der Waals surface area (Å²) in [6, 6.07) is 0. The van der Waals surface area contributed by atoms with Crippen molar-refractivity contribution in [2.24, 2.45) is 11.8 Å². The van der Waals surface area contributed by atoms with Crippen molar-refractivity contribution in [2.75, 3.05) is 6.61 Å². The quantitative estimate of drug-likeness (QED) is 0.263. The van der Waals surface area contributed by atoms with Crippen LogP contribution < -0.4 is 0 Å². The second-order valence-corrected chi connectivity index (χ2v) is 7.04. The standard InChI is InChI=1S/C22H36O2/c1-8-24-22(23)21(18(4)5)16-15-20(7)14-10-13-19(6)12-9-11-17(2)3/h10-11,15,18,21H,8-9,12,14,16H2,1-7H3/b20-15+. The van der Waals surface area contributed by atoms with Crippen LogP contribution in [0.5, 0.6) is 0 Å². The molecule has 0 bridgehead atoms. The summed E-state index contributed by atoms with van der Waals surface area (Å²) in [4.78, 5) is 12.0. The van der Waals surface area contributed by atoms with E-state index in [1.165, 1.54) is 16.7 Å². The maximum atomic E-state index is 12.0. The van der Waals surface area contributed by atoms with Gasteiger partial charge in [-0.1, -0.05) is 37.1 Å². The molecular formula is C22H36O2. The topological polar surface area (TPSA) is 26.3 Å².